The lowest BCUT2D eigenvalue weighted by atomic mass is 9.76. The number of benzene rings is 1. The Labute approximate surface area is 179 Å². The molecule has 1 N–H and O–H groups in total. The van der Waals surface area contributed by atoms with Crippen LogP contribution in [0, 0.1) is 0 Å². The van der Waals surface area contributed by atoms with Crippen molar-refractivity contribution < 1.29 is 23.9 Å². The monoisotopic (exact) mass is 418 g/mol. The van der Waals surface area contributed by atoms with Gasteiger partial charge in [0.15, 0.2) is 5.78 Å². The van der Waals surface area contributed by atoms with Gasteiger partial charge in [0.25, 0.3) is 0 Å². The molecule has 0 bridgehead atoms. The Kier molecular flexibility index (Phi) is 7.16. The summed E-state index contributed by atoms with van der Waals surface area (Å²) in [6.45, 7) is 10.4. The van der Waals surface area contributed by atoms with Crippen molar-refractivity contribution in [3.63, 3.8) is 0 Å². The molecular weight excluding hydrogens is 384 g/mol. The predicted molar refractivity (Wildman–Crippen MR) is 114 cm³/mol. The van der Waals surface area contributed by atoms with E-state index >= 15 is 0 Å². The minimum absolute atomic E-state index is 0.0977. The second-order valence-corrected chi connectivity index (χ2v) is 9.75. The van der Waals surface area contributed by atoms with Gasteiger partial charge in [0, 0.05) is 12.8 Å². The molecule has 0 aromatic heterocycles. The number of nitrogens with one attached hydrogen (secondary N) is 1. The topological polar surface area (TPSA) is 84.9 Å². The van der Waals surface area contributed by atoms with E-state index in [1.54, 1.807) is 41.5 Å². The van der Waals surface area contributed by atoms with Gasteiger partial charge >= 0.3 is 12.2 Å². The summed E-state index contributed by atoms with van der Waals surface area (Å²) in [6, 6.07) is 9.48. The molecule has 0 saturated heterocycles. The fourth-order valence-corrected chi connectivity index (χ4v) is 3.54. The van der Waals surface area contributed by atoms with E-state index in [4.69, 9.17) is 9.47 Å². The molecule has 1 fully saturated rings. The number of hydrazine groups is 1. The van der Waals surface area contributed by atoms with Crippen LogP contribution in [0.15, 0.2) is 30.3 Å². The number of amides is 2. The van der Waals surface area contributed by atoms with E-state index < -0.39 is 28.9 Å². The van der Waals surface area contributed by atoms with Gasteiger partial charge in [0.05, 0.1) is 0 Å². The van der Waals surface area contributed by atoms with E-state index in [0.29, 0.717) is 12.8 Å². The van der Waals surface area contributed by atoms with Crippen molar-refractivity contribution in [3.8, 4) is 0 Å². The molecule has 2 rings (SSSR count). The molecule has 1 aromatic carbocycles. The average Bonchev–Trinajstić information content (AvgIpc) is 2.59. The van der Waals surface area contributed by atoms with Gasteiger partial charge in [-0.25, -0.2) is 20.0 Å². The maximum absolute atomic E-state index is 13.3. The smallest absolute Gasteiger partial charge is 0.430 e. The summed E-state index contributed by atoms with van der Waals surface area (Å²) in [5, 5.41) is 1.07. The number of nitrogens with zero attached hydrogens (tertiary/aromatic N) is 1. The highest BCUT2D eigenvalue weighted by Gasteiger charge is 2.50. The Morgan fingerprint density at radius 2 is 1.60 bits per heavy atom. The Morgan fingerprint density at radius 3 is 2.13 bits per heavy atom. The first-order valence-corrected chi connectivity index (χ1v) is 10.4. The first-order valence-electron chi connectivity index (χ1n) is 10.4. The van der Waals surface area contributed by atoms with Crippen LogP contribution in [0.1, 0.15) is 72.8 Å². The van der Waals surface area contributed by atoms with Crippen LogP contribution in [0.5, 0.6) is 0 Å². The summed E-state index contributed by atoms with van der Waals surface area (Å²) in [5.41, 5.74) is 0.640. The van der Waals surface area contributed by atoms with Crippen LogP contribution in [-0.2, 0) is 20.7 Å². The largest absolute Gasteiger partial charge is 0.443 e. The summed E-state index contributed by atoms with van der Waals surface area (Å²) in [4.78, 5) is 39.0. The maximum atomic E-state index is 13.3. The van der Waals surface area contributed by atoms with E-state index in [1.807, 2.05) is 30.3 Å². The normalized spacial score (nSPS) is 19.7. The van der Waals surface area contributed by atoms with E-state index in [2.05, 4.69) is 5.43 Å². The minimum Gasteiger partial charge on any atom is -0.443 e. The van der Waals surface area contributed by atoms with Crippen molar-refractivity contribution in [2.24, 2.45) is 0 Å². The lowest BCUT2D eigenvalue weighted by Crippen LogP contribution is -2.66. The molecule has 166 valence electrons. The molecule has 0 spiro atoms. The van der Waals surface area contributed by atoms with E-state index in [0.717, 1.165) is 23.4 Å². The Balaban J connectivity index is 2.46. The van der Waals surface area contributed by atoms with Crippen LogP contribution in [0.3, 0.4) is 0 Å². The Bertz CT molecular complexity index is 764. The zero-order chi connectivity index (χ0) is 22.6. The highest BCUT2D eigenvalue weighted by Crippen LogP contribution is 2.34. The van der Waals surface area contributed by atoms with Crippen molar-refractivity contribution in [2.75, 3.05) is 0 Å². The zero-order valence-electron chi connectivity index (χ0n) is 18.9. The van der Waals surface area contributed by atoms with Crippen molar-refractivity contribution in [2.45, 2.75) is 90.4 Å². The number of hydrogen-bond acceptors (Lipinski definition) is 5. The van der Waals surface area contributed by atoms with Gasteiger partial charge in [0.2, 0.25) is 0 Å². The number of hydrogen-bond donors (Lipinski definition) is 1. The van der Waals surface area contributed by atoms with Crippen LogP contribution in [0.4, 0.5) is 9.59 Å². The highest BCUT2D eigenvalue weighted by molar-refractivity contribution is 5.93. The van der Waals surface area contributed by atoms with Gasteiger partial charge in [-0.1, -0.05) is 36.8 Å². The third-order valence-electron chi connectivity index (χ3n) is 4.71. The molecule has 0 heterocycles. The quantitative estimate of drug-likeness (QED) is 0.714. The van der Waals surface area contributed by atoms with Crippen molar-refractivity contribution in [1.29, 1.82) is 0 Å². The molecule has 7 heteroatoms. The molecule has 0 unspecified atom stereocenters. The van der Waals surface area contributed by atoms with Crippen LogP contribution < -0.4 is 5.43 Å². The summed E-state index contributed by atoms with van der Waals surface area (Å²) in [6.07, 6.45) is 0.968. The SMILES string of the molecule is CC(C)(C)OC(=O)NN(C(=O)OC(C)(C)C)[C@]1(Cc2ccccc2)CCCCC1=O. The maximum Gasteiger partial charge on any atom is 0.430 e. The number of carbonyl (C=O) groups excluding carboxylic acids is 3. The second-order valence-electron chi connectivity index (χ2n) is 9.75. The van der Waals surface area contributed by atoms with Crippen LogP contribution in [-0.4, -0.2) is 39.7 Å². The molecule has 1 aliphatic carbocycles. The fraction of sp³-hybridized carbons (Fsp3) is 0.609. The Morgan fingerprint density at radius 1 is 1.00 bits per heavy atom. The van der Waals surface area contributed by atoms with Crippen molar-refractivity contribution >= 4 is 18.0 Å². The fourth-order valence-electron chi connectivity index (χ4n) is 3.54. The molecule has 30 heavy (non-hydrogen) atoms. The number of Topliss-reactive ketones (excluding diaryl/α,β-unsaturated/α-hetero) is 1. The molecule has 1 saturated carbocycles. The molecular formula is C23H34N2O5. The molecule has 2 amide bonds. The highest BCUT2D eigenvalue weighted by atomic mass is 16.6. The lowest BCUT2D eigenvalue weighted by molar-refractivity contribution is -0.136. The van der Waals surface area contributed by atoms with Crippen LogP contribution >= 0.6 is 0 Å². The van der Waals surface area contributed by atoms with Gasteiger partial charge in [-0.3, -0.25) is 4.79 Å². The van der Waals surface area contributed by atoms with Gasteiger partial charge in [-0.2, -0.15) is 0 Å². The number of ether oxygens (including phenoxy) is 2. The summed E-state index contributed by atoms with van der Waals surface area (Å²) < 4.78 is 10.9. The van der Waals surface area contributed by atoms with Crippen LogP contribution in [0.2, 0.25) is 0 Å². The van der Waals surface area contributed by atoms with Crippen molar-refractivity contribution in [3.05, 3.63) is 35.9 Å². The predicted octanol–water partition coefficient (Wildman–Crippen LogP) is 4.79. The standard InChI is InChI=1S/C23H34N2O5/c1-21(2,3)29-19(27)24-25(20(28)30-22(4,5)6)23(15-11-10-14-18(23)26)16-17-12-8-7-9-13-17/h7-9,12-13H,10-11,14-16H2,1-6H3,(H,24,27)/t23-/m0/s1. The number of rotatable bonds is 3. The lowest BCUT2D eigenvalue weighted by Gasteiger charge is -2.44. The third kappa shape index (κ3) is 6.47. The average molecular weight is 419 g/mol. The van der Waals surface area contributed by atoms with E-state index in [1.165, 1.54) is 0 Å². The molecule has 7 nitrogen and oxygen atoms in total. The zero-order valence-corrected chi connectivity index (χ0v) is 18.9. The third-order valence-corrected chi connectivity index (χ3v) is 4.71. The second kappa shape index (κ2) is 9.06. The van der Waals surface area contributed by atoms with Crippen LogP contribution in [0.25, 0.3) is 0 Å². The van der Waals surface area contributed by atoms with Gasteiger partial charge in [-0.15, -0.1) is 0 Å². The van der Waals surface area contributed by atoms with E-state index in [9.17, 15) is 14.4 Å². The minimum atomic E-state index is -1.24. The van der Waals surface area contributed by atoms with Gasteiger partial charge < -0.3 is 9.47 Å². The summed E-state index contributed by atoms with van der Waals surface area (Å²) in [7, 11) is 0. The number of carbonyl (C=O) groups is 3. The first kappa shape index (κ1) is 23.7. The van der Waals surface area contributed by atoms with Gasteiger partial charge in [-0.05, 0) is 59.9 Å². The summed E-state index contributed by atoms with van der Waals surface area (Å²) >= 11 is 0. The molecule has 0 radical (unpaired) electrons. The van der Waals surface area contributed by atoms with Crippen molar-refractivity contribution in [1.82, 2.24) is 10.4 Å². The van der Waals surface area contributed by atoms with E-state index in [-0.39, 0.29) is 12.2 Å². The molecule has 1 aromatic rings. The molecule has 0 aliphatic heterocycles. The molecule has 1 atom stereocenters. The molecule has 1 aliphatic rings. The summed E-state index contributed by atoms with van der Waals surface area (Å²) in [5.74, 6) is -0.0977. The number of ketones is 1. The Hall–Kier alpha value is -2.57. The van der Waals surface area contributed by atoms with Gasteiger partial charge in [0.1, 0.15) is 16.7 Å². The first-order chi connectivity index (χ1) is 13.8.